The number of hydrogen-bond acceptors (Lipinski definition) is 3. The minimum atomic E-state index is -4.42. The summed E-state index contributed by atoms with van der Waals surface area (Å²) in [6.45, 7) is 1.59. The van der Waals surface area contributed by atoms with E-state index in [0.717, 1.165) is 12.1 Å². The number of halogens is 5. The fourth-order valence-corrected chi connectivity index (χ4v) is 3.37. The maximum absolute atomic E-state index is 13.0. The largest absolute Gasteiger partial charge is 0.416 e. The first-order valence-corrected chi connectivity index (χ1v) is 8.83. The molecule has 0 bridgehead atoms. The smallest absolute Gasteiger partial charge is 0.337 e. The predicted molar refractivity (Wildman–Crippen MR) is 102 cm³/mol. The number of nitrogens with one attached hydrogen (secondary N) is 1. The highest BCUT2D eigenvalue weighted by Crippen LogP contribution is 2.33. The highest BCUT2D eigenvalue weighted by atomic mass is 35.5. The first-order valence-electron chi connectivity index (χ1n) is 8.08. The topological polar surface area (TPSA) is 54.5 Å². The zero-order chi connectivity index (χ0) is 20.1. The van der Waals surface area contributed by atoms with E-state index < -0.39 is 11.7 Å². The lowest BCUT2D eigenvalue weighted by Gasteiger charge is -2.07. The molecule has 0 unspecified atom stereocenters. The van der Waals surface area contributed by atoms with Crippen LogP contribution in [0.5, 0.6) is 0 Å². The Hall–Kier alpha value is -2.64. The van der Waals surface area contributed by atoms with Gasteiger partial charge in [0, 0.05) is 18.0 Å². The monoisotopic (exact) mass is 422 g/mol. The molecular formula is C19H11Cl2F3N4. The minimum absolute atomic E-state index is 0.301. The van der Waals surface area contributed by atoms with E-state index >= 15 is 0 Å². The van der Waals surface area contributed by atoms with Gasteiger partial charge in [0.1, 0.15) is 5.69 Å². The van der Waals surface area contributed by atoms with Gasteiger partial charge in [-0.25, -0.2) is 4.98 Å². The van der Waals surface area contributed by atoms with E-state index in [1.165, 1.54) is 6.20 Å². The van der Waals surface area contributed by atoms with E-state index in [9.17, 15) is 13.2 Å². The third-order valence-corrected chi connectivity index (χ3v) is 4.69. The number of fused-ring (bicyclic) bond motifs is 1. The van der Waals surface area contributed by atoms with Crippen LogP contribution >= 0.6 is 23.2 Å². The second-order valence-electron chi connectivity index (χ2n) is 6.19. The number of hydrogen-bond donors (Lipinski definition) is 1. The molecule has 4 rings (SSSR count). The van der Waals surface area contributed by atoms with Crippen molar-refractivity contribution in [3.8, 4) is 22.8 Å². The number of benzene rings is 1. The Bertz CT molecular complexity index is 1180. The molecule has 0 spiro atoms. The molecule has 142 valence electrons. The maximum Gasteiger partial charge on any atom is 0.416 e. The molecule has 0 aliphatic carbocycles. The van der Waals surface area contributed by atoms with Gasteiger partial charge >= 0.3 is 6.18 Å². The van der Waals surface area contributed by atoms with Crippen molar-refractivity contribution in [3.05, 3.63) is 63.9 Å². The zero-order valence-corrected chi connectivity index (χ0v) is 15.8. The standard InChI is InChI=1S/C19H11Cl2F3N4/c1-9-4-11(19(22,23)24)5-15-16(9)28-18(27-15)14-3-2-10(7-25-14)17-13(21)6-12(20)8-26-17/h2-8H,1H3,(H,27,28). The van der Waals surface area contributed by atoms with Crippen LogP contribution in [-0.4, -0.2) is 19.9 Å². The van der Waals surface area contributed by atoms with Crippen molar-refractivity contribution in [2.75, 3.05) is 0 Å². The highest BCUT2D eigenvalue weighted by molar-refractivity contribution is 6.36. The Morgan fingerprint density at radius 2 is 1.79 bits per heavy atom. The summed E-state index contributed by atoms with van der Waals surface area (Å²) in [4.78, 5) is 15.8. The summed E-state index contributed by atoms with van der Waals surface area (Å²) in [5, 5.41) is 0.815. The Balaban J connectivity index is 1.73. The van der Waals surface area contributed by atoms with Crippen LogP contribution in [-0.2, 0) is 6.18 Å². The third-order valence-electron chi connectivity index (χ3n) is 4.19. The van der Waals surface area contributed by atoms with Crippen LogP contribution in [0.15, 0.2) is 42.7 Å². The van der Waals surface area contributed by atoms with E-state index in [4.69, 9.17) is 23.2 Å². The van der Waals surface area contributed by atoms with Crippen LogP contribution in [0, 0.1) is 6.92 Å². The summed E-state index contributed by atoms with van der Waals surface area (Å²) >= 11 is 12.0. The van der Waals surface area contributed by atoms with Gasteiger partial charge in [0.05, 0.1) is 32.3 Å². The van der Waals surface area contributed by atoms with E-state index in [1.54, 1.807) is 31.3 Å². The molecule has 28 heavy (non-hydrogen) atoms. The molecule has 3 aromatic heterocycles. The van der Waals surface area contributed by atoms with Crippen molar-refractivity contribution in [3.63, 3.8) is 0 Å². The molecule has 1 N–H and O–H groups in total. The van der Waals surface area contributed by atoms with Crippen molar-refractivity contribution in [2.24, 2.45) is 0 Å². The second kappa shape index (κ2) is 6.76. The Morgan fingerprint density at radius 3 is 2.43 bits per heavy atom. The molecule has 0 saturated heterocycles. The van der Waals surface area contributed by atoms with Crippen molar-refractivity contribution in [1.29, 1.82) is 0 Å². The van der Waals surface area contributed by atoms with E-state index in [1.807, 2.05) is 0 Å². The van der Waals surface area contributed by atoms with Gasteiger partial charge in [-0.15, -0.1) is 0 Å². The van der Waals surface area contributed by atoms with Gasteiger partial charge in [0.15, 0.2) is 5.82 Å². The maximum atomic E-state index is 13.0. The molecule has 1 aromatic carbocycles. The number of aryl methyl sites for hydroxylation is 1. The fourth-order valence-electron chi connectivity index (χ4n) is 2.88. The average molecular weight is 423 g/mol. The molecule has 4 aromatic rings. The number of alkyl halides is 3. The Morgan fingerprint density at radius 1 is 1.00 bits per heavy atom. The molecule has 0 fully saturated rings. The van der Waals surface area contributed by atoms with Crippen LogP contribution in [0.25, 0.3) is 33.8 Å². The van der Waals surface area contributed by atoms with Gasteiger partial charge in [-0.1, -0.05) is 23.2 Å². The van der Waals surface area contributed by atoms with Gasteiger partial charge in [-0.2, -0.15) is 13.2 Å². The quantitative estimate of drug-likeness (QED) is 0.411. The average Bonchev–Trinajstić information content (AvgIpc) is 3.06. The Labute approximate surface area is 167 Å². The molecule has 0 atom stereocenters. The summed E-state index contributed by atoms with van der Waals surface area (Å²) in [6, 6.07) is 7.16. The first kappa shape index (κ1) is 18.7. The third kappa shape index (κ3) is 3.43. The normalized spacial score (nSPS) is 11.9. The van der Waals surface area contributed by atoms with Crippen LogP contribution < -0.4 is 0 Å². The van der Waals surface area contributed by atoms with E-state index in [2.05, 4.69) is 19.9 Å². The lowest BCUT2D eigenvalue weighted by Crippen LogP contribution is -2.05. The molecule has 4 nitrogen and oxygen atoms in total. The molecule has 0 radical (unpaired) electrons. The fraction of sp³-hybridized carbons (Fsp3) is 0.105. The first-order chi connectivity index (χ1) is 13.2. The lowest BCUT2D eigenvalue weighted by atomic mass is 10.1. The molecule has 9 heteroatoms. The van der Waals surface area contributed by atoms with Gasteiger partial charge in [-0.05, 0) is 42.8 Å². The van der Waals surface area contributed by atoms with Crippen LogP contribution in [0.1, 0.15) is 11.1 Å². The summed E-state index contributed by atoms with van der Waals surface area (Å²) < 4.78 is 39.1. The number of aromatic nitrogens is 4. The Kier molecular flexibility index (Phi) is 4.51. The molecule has 3 heterocycles. The van der Waals surface area contributed by atoms with E-state index in [0.29, 0.717) is 49.4 Å². The van der Waals surface area contributed by atoms with Gasteiger partial charge < -0.3 is 4.98 Å². The summed E-state index contributed by atoms with van der Waals surface area (Å²) in [6.07, 6.45) is -1.37. The molecule has 0 aliphatic rings. The van der Waals surface area contributed by atoms with Crippen molar-refractivity contribution < 1.29 is 13.2 Å². The molecule has 0 aliphatic heterocycles. The number of H-pyrrole nitrogens is 1. The number of aromatic amines is 1. The lowest BCUT2D eigenvalue weighted by molar-refractivity contribution is -0.137. The van der Waals surface area contributed by atoms with Crippen LogP contribution in [0.3, 0.4) is 0 Å². The summed E-state index contributed by atoms with van der Waals surface area (Å²) in [5.41, 5.74) is 2.17. The minimum Gasteiger partial charge on any atom is -0.337 e. The SMILES string of the molecule is Cc1cc(C(F)(F)F)cc2[nH]c(-c3ccc(-c4ncc(Cl)cc4Cl)cn3)nc12. The van der Waals surface area contributed by atoms with Gasteiger partial charge in [0.25, 0.3) is 0 Å². The number of pyridine rings is 2. The zero-order valence-electron chi connectivity index (χ0n) is 14.3. The molecule has 0 saturated carbocycles. The molecule has 0 amide bonds. The highest BCUT2D eigenvalue weighted by Gasteiger charge is 2.31. The molecular weight excluding hydrogens is 412 g/mol. The van der Waals surface area contributed by atoms with Crippen LogP contribution in [0.4, 0.5) is 13.2 Å². The number of rotatable bonds is 2. The van der Waals surface area contributed by atoms with Crippen molar-refractivity contribution in [1.82, 2.24) is 19.9 Å². The van der Waals surface area contributed by atoms with Crippen molar-refractivity contribution >= 4 is 34.2 Å². The van der Waals surface area contributed by atoms with Gasteiger partial charge in [0.2, 0.25) is 0 Å². The summed E-state index contributed by atoms with van der Waals surface area (Å²) in [5.74, 6) is 0.374. The second-order valence-corrected chi connectivity index (χ2v) is 7.03. The predicted octanol–water partition coefficient (Wildman–Crippen LogP) is 6.32. The number of imidazole rings is 1. The number of nitrogens with zero attached hydrogens (tertiary/aromatic N) is 3. The van der Waals surface area contributed by atoms with E-state index in [-0.39, 0.29) is 0 Å². The van der Waals surface area contributed by atoms with Crippen LogP contribution in [0.2, 0.25) is 10.0 Å². The van der Waals surface area contributed by atoms with Gasteiger partial charge in [-0.3, -0.25) is 9.97 Å². The summed E-state index contributed by atoms with van der Waals surface area (Å²) in [7, 11) is 0. The van der Waals surface area contributed by atoms with Crippen molar-refractivity contribution in [2.45, 2.75) is 13.1 Å².